The van der Waals surface area contributed by atoms with Crippen LogP contribution >= 0.6 is 11.6 Å². The van der Waals surface area contributed by atoms with Crippen LogP contribution in [0.25, 0.3) is 0 Å². The molecule has 3 rings (SSSR count). The Morgan fingerprint density at radius 1 is 1.43 bits per heavy atom. The molecule has 4 N–H and O–H groups in total. The smallest absolute Gasteiger partial charge is 0.274 e. The van der Waals surface area contributed by atoms with E-state index in [1.165, 1.54) is 0 Å². The van der Waals surface area contributed by atoms with Crippen molar-refractivity contribution < 1.29 is 4.79 Å². The monoisotopic (exact) mass is 304 g/mol. The number of H-pyrrole nitrogens is 1. The molecule has 2 aromatic rings. The van der Waals surface area contributed by atoms with Gasteiger partial charge < -0.3 is 11.1 Å². The van der Waals surface area contributed by atoms with E-state index in [1.807, 2.05) is 19.1 Å². The zero-order chi connectivity index (χ0) is 15.0. The van der Waals surface area contributed by atoms with Crippen LogP contribution in [0, 0.1) is 0 Å². The highest BCUT2D eigenvalue weighted by Crippen LogP contribution is 2.42. The van der Waals surface area contributed by atoms with Gasteiger partial charge in [0.05, 0.1) is 17.4 Å². The normalized spacial score (nSPS) is 15.7. The molecule has 0 saturated heterocycles. The van der Waals surface area contributed by atoms with Gasteiger partial charge in [0, 0.05) is 10.9 Å². The van der Waals surface area contributed by atoms with Gasteiger partial charge in [-0.15, -0.1) is 0 Å². The van der Waals surface area contributed by atoms with Gasteiger partial charge in [-0.3, -0.25) is 9.89 Å². The lowest BCUT2D eigenvalue weighted by Crippen LogP contribution is -2.27. The van der Waals surface area contributed by atoms with Crippen molar-refractivity contribution in [3.8, 4) is 0 Å². The van der Waals surface area contributed by atoms with Gasteiger partial charge in [-0.1, -0.05) is 23.7 Å². The van der Waals surface area contributed by atoms with Crippen molar-refractivity contribution in [2.45, 2.75) is 31.7 Å². The Bertz CT molecular complexity index is 661. The predicted molar refractivity (Wildman–Crippen MR) is 82.3 cm³/mol. The van der Waals surface area contributed by atoms with Gasteiger partial charge in [0.1, 0.15) is 0 Å². The van der Waals surface area contributed by atoms with E-state index in [1.54, 1.807) is 12.1 Å². The second-order valence-electron chi connectivity index (χ2n) is 5.42. The van der Waals surface area contributed by atoms with Crippen molar-refractivity contribution in [3.63, 3.8) is 0 Å². The number of amides is 1. The molecule has 1 aliphatic carbocycles. The highest BCUT2D eigenvalue weighted by Gasteiger charge is 2.30. The van der Waals surface area contributed by atoms with Crippen LogP contribution in [0.4, 0.5) is 5.69 Å². The minimum atomic E-state index is -0.266. The van der Waals surface area contributed by atoms with Crippen LogP contribution < -0.4 is 11.1 Å². The third-order valence-electron chi connectivity index (χ3n) is 3.75. The van der Waals surface area contributed by atoms with Gasteiger partial charge in [-0.25, -0.2) is 0 Å². The van der Waals surface area contributed by atoms with Crippen LogP contribution in [-0.2, 0) is 0 Å². The Balaban J connectivity index is 1.72. The van der Waals surface area contributed by atoms with Crippen LogP contribution in [0.1, 0.15) is 53.5 Å². The number of aromatic amines is 1. The molecule has 1 aromatic carbocycles. The first-order chi connectivity index (χ1) is 10.1. The lowest BCUT2D eigenvalue weighted by Gasteiger charge is -2.13. The molecule has 1 heterocycles. The van der Waals surface area contributed by atoms with Gasteiger partial charge in [0.25, 0.3) is 5.91 Å². The number of halogens is 1. The number of benzene rings is 1. The van der Waals surface area contributed by atoms with Gasteiger partial charge in [-0.05, 0) is 37.5 Å². The van der Waals surface area contributed by atoms with Crippen molar-refractivity contribution in [2.24, 2.45) is 0 Å². The Kier molecular flexibility index (Phi) is 3.59. The molecule has 1 aliphatic rings. The molecule has 6 heteroatoms. The summed E-state index contributed by atoms with van der Waals surface area (Å²) in [7, 11) is 0. The highest BCUT2D eigenvalue weighted by molar-refractivity contribution is 6.30. The Morgan fingerprint density at radius 3 is 2.71 bits per heavy atom. The van der Waals surface area contributed by atoms with Gasteiger partial charge in [-0.2, -0.15) is 5.10 Å². The number of nitrogens with zero attached hydrogens (tertiary/aromatic N) is 1. The molecule has 1 amide bonds. The number of rotatable bonds is 4. The Morgan fingerprint density at radius 2 is 2.10 bits per heavy atom. The molecule has 5 nitrogen and oxygen atoms in total. The first-order valence-corrected chi connectivity index (χ1v) is 7.34. The Hall–Kier alpha value is -2.01. The van der Waals surface area contributed by atoms with E-state index < -0.39 is 0 Å². The van der Waals surface area contributed by atoms with Gasteiger partial charge in [0.2, 0.25) is 0 Å². The van der Waals surface area contributed by atoms with Crippen molar-refractivity contribution in [1.82, 2.24) is 15.5 Å². The number of nitrogen functional groups attached to an aromatic ring is 1. The lowest BCUT2D eigenvalue weighted by molar-refractivity contribution is 0.0935. The summed E-state index contributed by atoms with van der Waals surface area (Å²) < 4.78 is 0. The standard InChI is InChI=1S/C15H17ClN4O/c1-8(9-4-6-11(16)7-5-9)18-15(21)14-12(17)13(19-20-14)10-2-3-10/h4-8,10H,2-3,17H2,1H3,(H,18,21)(H,19,20). The van der Waals surface area contributed by atoms with Crippen LogP contribution in [0.5, 0.6) is 0 Å². The minimum absolute atomic E-state index is 0.143. The number of hydrogen-bond acceptors (Lipinski definition) is 3. The fourth-order valence-electron chi connectivity index (χ4n) is 2.32. The van der Waals surface area contributed by atoms with Crippen LogP contribution in [-0.4, -0.2) is 16.1 Å². The molecule has 21 heavy (non-hydrogen) atoms. The van der Waals surface area contributed by atoms with E-state index >= 15 is 0 Å². The molecule has 1 saturated carbocycles. The summed E-state index contributed by atoms with van der Waals surface area (Å²) in [4.78, 5) is 12.3. The molecular weight excluding hydrogens is 288 g/mol. The predicted octanol–water partition coefficient (Wildman–Crippen LogP) is 3.01. The van der Waals surface area contributed by atoms with E-state index in [-0.39, 0.29) is 17.6 Å². The van der Waals surface area contributed by atoms with Crippen LogP contribution in [0.3, 0.4) is 0 Å². The number of carbonyl (C=O) groups excluding carboxylic acids is 1. The molecule has 110 valence electrons. The quantitative estimate of drug-likeness (QED) is 0.812. The fraction of sp³-hybridized carbons (Fsp3) is 0.333. The molecule has 1 atom stereocenters. The second-order valence-corrected chi connectivity index (χ2v) is 5.86. The Labute approximate surface area is 127 Å². The molecule has 1 aromatic heterocycles. The van der Waals surface area contributed by atoms with E-state index in [0.717, 1.165) is 24.1 Å². The average Bonchev–Trinajstić information content (AvgIpc) is 3.22. The largest absolute Gasteiger partial charge is 0.395 e. The zero-order valence-electron chi connectivity index (χ0n) is 11.7. The number of hydrogen-bond donors (Lipinski definition) is 3. The SMILES string of the molecule is CC(NC(=O)c1n[nH]c(C2CC2)c1N)c1ccc(Cl)cc1. The summed E-state index contributed by atoms with van der Waals surface area (Å²) in [5.41, 5.74) is 8.62. The van der Waals surface area contributed by atoms with Crippen molar-refractivity contribution >= 4 is 23.2 Å². The maximum atomic E-state index is 12.3. The molecular formula is C15H17ClN4O. The van der Waals surface area contributed by atoms with Crippen molar-refractivity contribution in [3.05, 3.63) is 46.2 Å². The summed E-state index contributed by atoms with van der Waals surface area (Å²) in [6.45, 7) is 1.91. The van der Waals surface area contributed by atoms with Crippen LogP contribution in [0.2, 0.25) is 5.02 Å². The number of anilines is 1. The maximum Gasteiger partial charge on any atom is 0.274 e. The molecule has 1 fully saturated rings. The summed E-state index contributed by atoms with van der Waals surface area (Å²) >= 11 is 5.86. The first kappa shape index (κ1) is 13.9. The molecule has 1 unspecified atom stereocenters. The maximum absolute atomic E-state index is 12.3. The van der Waals surface area contributed by atoms with Crippen molar-refractivity contribution in [1.29, 1.82) is 0 Å². The van der Waals surface area contributed by atoms with E-state index in [0.29, 0.717) is 16.6 Å². The highest BCUT2D eigenvalue weighted by atomic mass is 35.5. The zero-order valence-corrected chi connectivity index (χ0v) is 12.4. The number of nitrogens with two attached hydrogens (primary N) is 1. The average molecular weight is 305 g/mol. The second kappa shape index (κ2) is 5.41. The third kappa shape index (κ3) is 2.88. The summed E-state index contributed by atoms with van der Waals surface area (Å²) in [5, 5.41) is 10.5. The third-order valence-corrected chi connectivity index (χ3v) is 4.00. The lowest BCUT2D eigenvalue weighted by atomic mass is 10.1. The van der Waals surface area contributed by atoms with E-state index in [9.17, 15) is 4.79 Å². The summed E-state index contributed by atoms with van der Waals surface area (Å²) in [6.07, 6.45) is 2.21. The van der Waals surface area contributed by atoms with Gasteiger partial charge in [0.15, 0.2) is 5.69 Å². The number of nitrogens with one attached hydrogen (secondary N) is 2. The van der Waals surface area contributed by atoms with Crippen molar-refractivity contribution in [2.75, 3.05) is 5.73 Å². The summed E-state index contributed by atoms with van der Waals surface area (Å²) in [5.74, 6) is 0.172. The molecule has 0 aliphatic heterocycles. The molecule has 0 bridgehead atoms. The van der Waals surface area contributed by atoms with Gasteiger partial charge >= 0.3 is 0 Å². The summed E-state index contributed by atoms with van der Waals surface area (Å²) in [6, 6.07) is 7.23. The van der Waals surface area contributed by atoms with E-state index in [4.69, 9.17) is 17.3 Å². The first-order valence-electron chi connectivity index (χ1n) is 6.96. The number of aromatic nitrogens is 2. The molecule has 0 radical (unpaired) electrons. The number of carbonyl (C=O) groups is 1. The minimum Gasteiger partial charge on any atom is -0.395 e. The topological polar surface area (TPSA) is 83.8 Å². The molecule has 0 spiro atoms. The van der Waals surface area contributed by atoms with Crippen LogP contribution in [0.15, 0.2) is 24.3 Å². The van der Waals surface area contributed by atoms with E-state index in [2.05, 4.69) is 15.5 Å². The fourth-order valence-corrected chi connectivity index (χ4v) is 2.45.